The van der Waals surface area contributed by atoms with Gasteiger partial charge in [-0.25, -0.2) is 0 Å². The van der Waals surface area contributed by atoms with E-state index in [0.29, 0.717) is 12.3 Å². The van der Waals surface area contributed by atoms with Gasteiger partial charge in [0, 0.05) is 18.2 Å². The minimum Gasteiger partial charge on any atom is -0.171 e. The van der Waals surface area contributed by atoms with Crippen LogP contribution in [-0.4, -0.2) is 22.3 Å². The van der Waals surface area contributed by atoms with Crippen molar-refractivity contribution in [2.75, 3.05) is 5.88 Å². The predicted molar refractivity (Wildman–Crippen MR) is 69.7 cm³/mol. The van der Waals surface area contributed by atoms with E-state index in [4.69, 9.17) is 11.6 Å². The molecule has 0 spiro atoms. The average molecular weight is 313 g/mol. The van der Waals surface area contributed by atoms with Crippen molar-refractivity contribution >= 4 is 22.9 Å². The summed E-state index contributed by atoms with van der Waals surface area (Å²) in [7, 11) is 0. The molecule has 0 radical (unpaired) electrons. The standard InChI is InChI=1S/C12H16ClF3N2S/c13-6-2-5-10-17-18-11(19-10)8-3-1-4-9(7-8)12(14,15)16/h8-9H,1-7H2. The van der Waals surface area contributed by atoms with E-state index < -0.39 is 12.1 Å². The Morgan fingerprint density at radius 1 is 1.26 bits per heavy atom. The van der Waals surface area contributed by atoms with Crippen LogP contribution in [0, 0.1) is 5.92 Å². The van der Waals surface area contributed by atoms with Gasteiger partial charge in [0.05, 0.1) is 5.92 Å². The first-order valence-corrected chi connectivity index (χ1v) is 7.80. The zero-order valence-corrected chi connectivity index (χ0v) is 12.0. The normalized spacial score (nSPS) is 24.6. The number of rotatable bonds is 4. The maximum Gasteiger partial charge on any atom is 0.391 e. The number of hydrogen-bond donors (Lipinski definition) is 0. The molecule has 7 heteroatoms. The monoisotopic (exact) mass is 312 g/mol. The Morgan fingerprint density at radius 2 is 2.05 bits per heavy atom. The largest absolute Gasteiger partial charge is 0.391 e. The maximum absolute atomic E-state index is 12.8. The minimum absolute atomic E-state index is 0.0809. The van der Waals surface area contributed by atoms with Crippen LogP contribution in [0.15, 0.2) is 0 Å². The fourth-order valence-corrected chi connectivity index (χ4v) is 3.63. The summed E-state index contributed by atoms with van der Waals surface area (Å²) < 4.78 is 38.3. The summed E-state index contributed by atoms with van der Waals surface area (Å²) in [6, 6.07) is 0. The van der Waals surface area contributed by atoms with Gasteiger partial charge in [-0.1, -0.05) is 6.42 Å². The molecule has 0 aromatic carbocycles. The molecule has 1 aliphatic rings. The van der Waals surface area contributed by atoms with Crippen LogP contribution in [0.1, 0.15) is 48.0 Å². The number of alkyl halides is 4. The lowest BCUT2D eigenvalue weighted by molar-refractivity contribution is -0.183. The van der Waals surface area contributed by atoms with Gasteiger partial charge in [-0.15, -0.1) is 33.1 Å². The van der Waals surface area contributed by atoms with E-state index in [1.807, 2.05) is 0 Å². The Kier molecular flexibility index (Phi) is 5.06. The summed E-state index contributed by atoms with van der Waals surface area (Å²) in [5.74, 6) is -0.696. The molecule has 19 heavy (non-hydrogen) atoms. The van der Waals surface area contributed by atoms with Crippen molar-refractivity contribution < 1.29 is 13.2 Å². The van der Waals surface area contributed by atoms with Gasteiger partial charge in [0.1, 0.15) is 10.0 Å². The molecule has 2 rings (SSSR count). The van der Waals surface area contributed by atoms with E-state index in [0.717, 1.165) is 29.3 Å². The van der Waals surface area contributed by atoms with Crippen molar-refractivity contribution in [1.82, 2.24) is 10.2 Å². The molecule has 1 heterocycles. The Hall–Kier alpha value is -0.360. The Morgan fingerprint density at radius 3 is 2.74 bits per heavy atom. The minimum atomic E-state index is -4.08. The molecule has 0 amide bonds. The van der Waals surface area contributed by atoms with Crippen LogP contribution in [0.2, 0.25) is 0 Å². The van der Waals surface area contributed by atoms with Crippen LogP contribution < -0.4 is 0 Å². The third-order valence-electron chi connectivity index (χ3n) is 3.49. The average Bonchev–Trinajstić information content (AvgIpc) is 2.84. The van der Waals surface area contributed by atoms with E-state index in [-0.39, 0.29) is 18.8 Å². The van der Waals surface area contributed by atoms with Crippen molar-refractivity contribution in [2.45, 2.75) is 50.6 Å². The van der Waals surface area contributed by atoms with Gasteiger partial charge in [0.15, 0.2) is 0 Å². The molecule has 1 fully saturated rings. The highest BCUT2D eigenvalue weighted by molar-refractivity contribution is 7.11. The molecule has 0 saturated heterocycles. The fraction of sp³-hybridized carbons (Fsp3) is 0.833. The summed E-state index contributed by atoms with van der Waals surface area (Å²) in [6.07, 6.45) is -0.679. The van der Waals surface area contributed by atoms with Crippen LogP contribution in [0.3, 0.4) is 0 Å². The molecule has 108 valence electrons. The van der Waals surface area contributed by atoms with E-state index >= 15 is 0 Å². The molecular formula is C12H16ClF3N2S. The van der Waals surface area contributed by atoms with Crippen LogP contribution in [0.4, 0.5) is 13.2 Å². The van der Waals surface area contributed by atoms with Gasteiger partial charge < -0.3 is 0 Å². The number of halogens is 4. The van der Waals surface area contributed by atoms with Gasteiger partial charge in [-0.3, -0.25) is 0 Å². The highest BCUT2D eigenvalue weighted by atomic mass is 35.5. The third-order valence-corrected chi connectivity index (χ3v) is 4.91. The number of aromatic nitrogens is 2. The predicted octanol–water partition coefficient (Wildman–Crippen LogP) is 4.55. The summed E-state index contributed by atoms with van der Waals surface area (Å²) in [5.41, 5.74) is 0. The Labute approximate surface area is 119 Å². The van der Waals surface area contributed by atoms with Crippen molar-refractivity contribution in [3.8, 4) is 0 Å². The SMILES string of the molecule is FC(F)(F)C1CCCC(c2nnc(CCCCl)s2)C1. The van der Waals surface area contributed by atoms with Gasteiger partial charge in [0.25, 0.3) is 0 Å². The van der Waals surface area contributed by atoms with Crippen LogP contribution in [-0.2, 0) is 6.42 Å². The first-order valence-electron chi connectivity index (χ1n) is 6.45. The zero-order chi connectivity index (χ0) is 13.9. The first-order chi connectivity index (χ1) is 9.00. The molecule has 0 bridgehead atoms. The lowest BCUT2D eigenvalue weighted by atomic mass is 9.81. The van der Waals surface area contributed by atoms with E-state index in [2.05, 4.69) is 10.2 Å². The van der Waals surface area contributed by atoms with Crippen LogP contribution in [0.25, 0.3) is 0 Å². The molecule has 1 saturated carbocycles. The van der Waals surface area contributed by atoms with Gasteiger partial charge in [-0.05, 0) is 25.7 Å². The summed E-state index contributed by atoms with van der Waals surface area (Å²) >= 11 is 7.05. The smallest absolute Gasteiger partial charge is 0.171 e. The number of hydrogen-bond acceptors (Lipinski definition) is 3. The fourth-order valence-electron chi connectivity index (χ4n) is 2.46. The second kappa shape index (κ2) is 6.39. The Balaban J connectivity index is 1.99. The summed E-state index contributed by atoms with van der Waals surface area (Å²) in [5, 5.41) is 9.75. The molecule has 1 aromatic rings. The van der Waals surface area contributed by atoms with Crippen molar-refractivity contribution in [2.24, 2.45) is 5.92 Å². The molecule has 0 aliphatic heterocycles. The Bertz CT molecular complexity index is 408. The molecule has 1 aromatic heterocycles. The zero-order valence-electron chi connectivity index (χ0n) is 10.4. The number of aryl methyl sites for hydroxylation is 1. The van der Waals surface area contributed by atoms with E-state index in [1.165, 1.54) is 11.3 Å². The van der Waals surface area contributed by atoms with Crippen molar-refractivity contribution in [1.29, 1.82) is 0 Å². The van der Waals surface area contributed by atoms with Gasteiger partial charge >= 0.3 is 6.18 Å². The second-order valence-corrected chi connectivity index (χ2v) is 6.40. The molecule has 1 aliphatic carbocycles. The topological polar surface area (TPSA) is 25.8 Å². The van der Waals surface area contributed by atoms with E-state index in [1.54, 1.807) is 0 Å². The quantitative estimate of drug-likeness (QED) is 0.762. The molecular weight excluding hydrogens is 297 g/mol. The molecule has 2 unspecified atom stereocenters. The van der Waals surface area contributed by atoms with Crippen molar-refractivity contribution in [3.05, 3.63) is 10.0 Å². The van der Waals surface area contributed by atoms with Crippen molar-refractivity contribution in [3.63, 3.8) is 0 Å². The van der Waals surface area contributed by atoms with Crippen LogP contribution >= 0.6 is 22.9 Å². The van der Waals surface area contributed by atoms with Crippen LogP contribution in [0.5, 0.6) is 0 Å². The lowest BCUT2D eigenvalue weighted by Gasteiger charge is -2.29. The van der Waals surface area contributed by atoms with E-state index in [9.17, 15) is 13.2 Å². The number of nitrogens with zero attached hydrogens (tertiary/aromatic N) is 2. The molecule has 0 N–H and O–H groups in total. The van der Waals surface area contributed by atoms with Gasteiger partial charge in [-0.2, -0.15) is 13.2 Å². The van der Waals surface area contributed by atoms with Gasteiger partial charge in [0.2, 0.25) is 0 Å². The first kappa shape index (κ1) is 15.0. The molecule has 2 atom stereocenters. The highest BCUT2D eigenvalue weighted by Gasteiger charge is 2.42. The second-order valence-electron chi connectivity index (χ2n) is 4.93. The highest BCUT2D eigenvalue weighted by Crippen LogP contribution is 2.44. The lowest BCUT2D eigenvalue weighted by Crippen LogP contribution is -2.28. The maximum atomic E-state index is 12.8. The molecule has 2 nitrogen and oxygen atoms in total. The summed E-state index contributed by atoms with van der Waals surface area (Å²) in [4.78, 5) is 0. The third kappa shape index (κ3) is 4.05. The summed E-state index contributed by atoms with van der Waals surface area (Å²) in [6.45, 7) is 0.